The van der Waals surface area contributed by atoms with E-state index < -0.39 is 28.5 Å². The molecule has 0 saturated heterocycles. The van der Waals surface area contributed by atoms with Gasteiger partial charge in [-0.3, -0.25) is 13.9 Å². The van der Waals surface area contributed by atoms with Crippen LogP contribution in [0.5, 0.6) is 0 Å². The summed E-state index contributed by atoms with van der Waals surface area (Å²) in [6, 6.07) is 19.0. The van der Waals surface area contributed by atoms with Crippen LogP contribution >= 0.6 is 0 Å². The van der Waals surface area contributed by atoms with E-state index in [0.717, 1.165) is 32.1 Å². The molecule has 8 heteroatoms. The number of sulfonamides is 1. The molecular weight excluding hydrogens is 534 g/mol. The number of nitrogens with zero attached hydrogens (tertiary/aromatic N) is 2. The van der Waals surface area contributed by atoms with Gasteiger partial charge in [0.25, 0.3) is 10.0 Å². The second kappa shape index (κ2) is 13.8. The molecule has 0 aromatic heterocycles. The topological polar surface area (TPSA) is 86.8 Å². The van der Waals surface area contributed by atoms with Gasteiger partial charge in [-0.1, -0.05) is 74.4 Å². The Kier molecular flexibility index (Phi) is 10.7. The number of amides is 2. The molecule has 0 aliphatic carbocycles. The lowest BCUT2D eigenvalue weighted by atomic mass is 10.1. The molecule has 41 heavy (non-hydrogen) atoms. The van der Waals surface area contributed by atoms with Crippen LogP contribution in [0.1, 0.15) is 55.0 Å². The molecule has 3 aromatic rings. The molecule has 0 aliphatic rings. The van der Waals surface area contributed by atoms with Crippen molar-refractivity contribution in [1.82, 2.24) is 10.2 Å². The summed E-state index contributed by atoms with van der Waals surface area (Å²) < 4.78 is 29.2. The first-order valence-electron chi connectivity index (χ1n) is 14.1. The van der Waals surface area contributed by atoms with E-state index in [1.165, 1.54) is 4.90 Å². The zero-order valence-electron chi connectivity index (χ0n) is 25.3. The van der Waals surface area contributed by atoms with Crippen LogP contribution < -0.4 is 9.62 Å². The van der Waals surface area contributed by atoms with Crippen molar-refractivity contribution in [2.75, 3.05) is 17.4 Å². The number of nitrogens with one attached hydrogen (secondary N) is 1. The van der Waals surface area contributed by atoms with Crippen molar-refractivity contribution in [2.24, 2.45) is 5.92 Å². The van der Waals surface area contributed by atoms with E-state index in [9.17, 15) is 18.0 Å². The van der Waals surface area contributed by atoms with Gasteiger partial charge in [0.05, 0.1) is 10.6 Å². The second-order valence-electron chi connectivity index (χ2n) is 11.2. The summed E-state index contributed by atoms with van der Waals surface area (Å²) in [5, 5.41) is 2.96. The summed E-state index contributed by atoms with van der Waals surface area (Å²) in [7, 11) is -4.10. The third-order valence-electron chi connectivity index (χ3n) is 7.17. The monoisotopic (exact) mass is 577 g/mol. The van der Waals surface area contributed by atoms with E-state index in [1.54, 1.807) is 36.4 Å². The van der Waals surface area contributed by atoms with Crippen LogP contribution in [0.3, 0.4) is 0 Å². The Hall–Kier alpha value is -3.65. The molecule has 3 rings (SSSR count). The first kappa shape index (κ1) is 31.9. The van der Waals surface area contributed by atoms with Gasteiger partial charge in [-0.15, -0.1) is 0 Å². The summed E-state index contributed by atoms with van der Waals surface area (Å²) in [5.41, 5.74) is 5.16. The molecular formula is C33H43N3O4S. The zero-order valence-corrected chi connectivity index (χ0v) is 26.1. The van der Waals surface area contributed by atoms with Crippen LogP contribution in [0.15, 0.2) is 71.6 Å². The third-order valence-corrected chi connectivity index (χ3v) is 8.96. The Morgan fingerprint density at radius 1 is 0.854 bits per heavy atom. The van der Waals surface area contributed by atoms with Gasteiger partial charge in [0.2, 0.25) is 11.8 Å². The highest BCUT2D eigenvalue weighted by Crippen LogP contribution is 2.27. The Labute approximate surface area is 245 Å². The van der Waals surface area contributed by atoms with Gasteiger partial charge in [0.1, 0.15) is 12.6 Å². The number of benzene rings is 3. The molecule has 0 radical (unpaired) electrons. The summed E-state index contributed by atoms with van der Waals surface area (Å²) in [6.45, 7) is 13.8. The minimum atomic E-state index is -4.10. The smallest absolute Gasteiger partial charge is 0.264 e. The number of hydrogen-bond acceptors (Lipinski definition) is 4. The quantitative estimate of drug-likeness (QED) is 0.299. The van der Waals surface area contributed by atoms with Crippen LogP contribution in [0.4, 0.5) is 5.69 Å². The number of carbonyl (C=O) groups is 2. The van der Waals surface area contributed by atoms with Gasteiger partial charge in [0.15, 0.2) is 0 Å². The van der Waals surface area contributed by atoms with Gasteiger partial charge in [-0.2, -0.15) is 0 Å². The second-order valence-corrected chi connectivity index (χ2v) is 13.0. The summed E-state index contributed by atoms with van der Waals surface area (Å²) in [6.07, 6.45) is 0.385. The largest absolute Gasteiger partial charge is 0.354 e. The molecule has 1 N–H and O–H groups in total. The fraction of sp³-hybridized carbons (Fsp3) is 0.394. The minimum absolute atomic E-state index is 0.0982. The third kappa shape index (κ3) is 8.19. The first-order chi connectivity index (χ1) is 19.3. The maximum absolute atomic E-state index is 14.2. The highest BCUT2D eigenvalue weighted by atomic mass is 32.2. The molecule has 0 heterocycles. The first-order valence-corrected chi connectivity index (χ1v) is 15.6. The predicted octanol–water partition coefficient (Wildman–Crippen LogP) is 5.70. The fourth-order valence-corrected chi connectivity index (χ4v) is 6.00. The normalized spacial score (nSPS) is 12.2. The van der Waals surface area contributed by atoms with E-state index in [-0.39, 0.29) is 23.3 Å². The Morgan fingerprint density at radius 2 is 1.54 bits per heavy atom. The molecule has 0 aliphatic heterocycles. The summed E-state index contributed by atoms with van der Waals surface area (Å²) in [5.74, 6) is -0.453. The standard InChI is InChI=1S/C33H43N3O4S/c1-8-31(33(38)34-20-23(2)3)35(21-28-11-9-10-25(5)18-28)32(37)22-36(29-15-14-26(6)27(7)19-29)41(39,40)30-16-12-24(4)13-17-30/h9-19,23,31H,8,20-22H2,1-7H3,(H,34,38)/t31-/m1/s1. The molecule has 0 fully saturated rings. The molecule has 1 atom stereocenters. The maximum Gasteiger partial charge on any atom is 0.264 e. The summed E-state index contributed by atoms with van der Waals surface area (Å²) >= 11 is 0. The highest BCUT2D eigenvalue weighted by Gasteiger charge is 2.33. The molecule has 0 bridgehead atoms. The highest BCUT2D eigenvalue weighted by molar-refractivity contribution is 7.92. The SMILES string of the molecule is CC[C@H](C(=O)NCC(C)C)N(Cc1cccc(C)c1)C(=O)CN(c1ccc(C)c(C)c1)S(=O)(=O)c1ccc(C)cc1. The maximum atomic E-state index is 14.2. The van der Waals surface area contributed by atoms with Crippen LogP contribution in [-0.4, -0.2) is 44.3 Å². The van der Waals surface area contributed by atoms with E-state index in [2.05, 4.69) is 5.32 Å². The Morgan fingerprint density at radius 3 is 2.12 bits per heavy atom. The van der Waals surface area contributed by atoms with Gasteiger partial charge in [-0.25, -0.2) is 8.42 Å². The van der Waals surface area contributed by atoms with Crippen molar-refractivity contribution in [2.45, 2.75) is 72.4 Å². The van der Waals surface area contributed by atoms with Crippen molar-refractivity contribution in [3.8, 4) is 0 Å². The van der Waals surface area contributed by atoms with E-state index >= 15 is 0 Å². The lowest BCUT2D eigenvalue weighted by Crippen LogP contribution is -2.52. The molecule has 7 nitrogen and oxygen atoms in total. The molecule has 0 unspecified atom stereocenters. The van der Waals surface area contributed by atoms with Gasteiger partial charge < -0.3 is 10.2 Å². The average Bonchev–Trinajstić information content (AvgIpc) is 2.92. The Balaban J connectivity index is 2.07. The van der Waals surface area contributed by atoms with Crippen LogP contribution in [0.2, 0.25) is 0 Å². The van der Waals surface area contributed by atoms with E-state index in [4.69, 9.17) is 0 Å². The number of rotatable bonds is 12. The zero-order chi connectivity index (χ0) is 30.3. The Bertz CT molecular complexity index is 1470. The van der Waals surface area contributed by atoms with Crippen LogP contribution in [-0.2, 0) is 26.2 Å². The average molecular weight is 578 g/mol. The number of anilines is 1. The van der Waals surface area contributed by atoms with Crippen molar-refractivity contribution < 1.29 is 18.0 Å². The number of aryl methyl sites for hydroxylation is 4. The molecule has 0 spiro atoms. The van der Waals surface area contributed by atoms with Gasteiger partial charge in [0, 0.05) is 13.1 Å². The lowest BCUT2D eigenvalue weighted by molar-refractivity contribution is -0.140. The van der Waals surface area contributed by atoms with Crippen molar-refractivity contribution in [1.29, 1.82) is 0 Å². The molecule has 2 amide bonds. The van der Waals surface area contributed by atoms with Crippen molar-refractivity contribution >= 4 is 27.5 Å². The number of hydrogen-bond donors (Lipinski definition) is 1. The van der Waals surface area contributed by atoms with Crippen LogP contribution in [0.25, 0.3) is 0 Å². The van der Waals surface area contributed by atoms with Gasteiger partial charge in [-0.05, 0) is 81.0 Å². The predicted molar refractivity (Wildman–Crippen MR) is 165 cm³/mol. The van der Waals surface area contributed by atoms with Crippen molar-refractivity contribution in [3.63, 3.8) is 0 Å². The summed E-state index contributed by atoms with van der Waals surface area (Å²) in [4.78, 5) is 29.1. The van der Waals surface area contributed by atoms with E-state index in [1.807, 2.05) is 78.8 Å². The van der Waals surface area contributed by atoms with Crippen LogP contribution in [0, 0.1) is 33.6 Å². The number of carbonyl (C=O) groups excluding carboxylic acids is 2. The van der Waals surface area contributed by atoms with E-state index in [0.29, 0.717) is 18.7 Å². The van der Waals surface area contributed by atoms with Gasteiger partial charge >= 0.3 is 0 Å². The molecule has 0 saturated carbocycles. The van der Waals surface area contributed by atoms with Crippen molar-refractivity contribution in [3.05, 3.63) is 94.5 Å². The minimum Gasteiger partial charge on any atom is -0.354 e. The molecule has 220 valence electrons. The fourth-order valence-electron chi connectivity index (χ4n) is 4.60. The molecule has 3 aromatic carbocycles. The lowest BCUT2D eigenvalue weighted by Gasteiger charge is -2.33.